The van der Waals surface area contributed by atoms with Crippen LogP contribution in [0, 0.1) is 0 Å². The van der Waals surface area contributed by atoms with Gasteiger partial charge in [0.05, 0.1) is 0 Å². The third kappa shape index (κ3) is 2.89. The molecule has 1 unspecified atom stereocenters. The first kappa shape index (κ1) is 14.1. The van der Waals surface area contributed by atoms with Gasteiger partial charge in [0.25, 0.3) is 0 Å². The van der Waals surface area contributed by atoms with Gasteiger partial charge in [-0.15, -0.1) is 0 Å². The van der Waals surface area contributed by atoms with Gasteiger partial charge in [0, 0.05) is 18.4 Å². The molecule has 0 radical (unpaired) electrons. The zero-order chi connectivity index (χ0) is 15.6. The topological polar surface area (TPSA) is 50.7 Å². The van der Waals surface area contributed by atoms with Crippen LogP contribution in [0.2, 0.25) is 0 Å². The van der Waals surface area contributed by atoms with E-state index in [9.17, 15) is 0 Å². The predicted molar refractivity (Wildman–Crippen MR) is 92.5 cm³/mol. The Morgan fingerprint density at radius 2 is 1.78 bits per heavy atom. The summed E-state index contributed by atoms with van der Waals surface area (Å²) >= 11 is 0. The minimum absolute atomic E-state index is 0.212. The molecule has 2 aromatic heterocycles. The standard InChI is InChI=1S/C19H20N4/c1-13(15-7-6-14-4-2-3-5-16(14)12-15)22-18-9-8-17-19(23-18)21-11-10-20-17/h6-13H,2-5H2,1H3,(H,21,22,23). The Bertz CT molecular complexity index is 844. The molecule has 0 saturated carbocycles. The molecule has 23 heavy (non-hydrogen) atoms. The molecule has 116 valence electrons. The van der Waals surface area contributed by atoms with Crippen LogP contribution in [-0.2, 0) is 12.8 Å². The molecule has 1 atom stereocenters. The van der Waals surface area contributed by atoms with Gasteiger partial charge >= 0.3 is 0 Å². The largest absolute Gasteiger partial charge is 0.363 e. The number of nitrogens with one attached hydrogen (secondary N) is 1. The molecule has 1 aliphatic carbocycles. The molecule has 0 spiro atoms. The average Bonchev–Trinajstić information content (AvgIpc) is 2.61. The smallest absolute Gasteiger partial charge is 0.180 e. The van der Waals surface area contributed by atoms with E-state index in [0.717, 1.165) is 11.3 Å². The summed E-state index contributed by atoms with van der Waals surface area (Å²) in [5, 5.41) is 3.48. The van der Waals surface area contributed by atoms with Gasteiger partial charge in [0.15, 0.2) is 5.65 Å². The minimum Gasteiger partial charge on any atom is -0.363 e. The van der Waals surface area contributed by atoms with Crippen molar-refractivity contribution in [3.63, 3.8) is 0 Å². The fourth-order valence-electron chi connectivity index (χ4n) is 3.26. The van der Waals surface area contributed by atoms with Gasteiger partial charge in [-0.05, 0) is 61.4 Å². The molecule has 0 bridgehead atoms. The summed E-state index contributed by atoms with van der Waals surface area (Å²) in [6.07, 6.45) is 8.42. The molecule has 4 rings (SSSR count). The molecule has 1 aliphatic rings. The first-order chi connectivity index (χ1) is 11.3. The van der Waals surface area contributed by atoms with Crippen molar-refractivity contribution in [2.45, 2.75) is 38.6 Å². The second kappa shape index (κ2) is 5.95. The second-order valence-corrected chi connectivity index (χ2v) is 6.20. The lowest BCUT2D eigenvalue weighted by Gasteiger charge is -2.20. The third-order valence-corrected chi connectivity index (χ3v) is 4.57. The number of nitrogens with zero attached hydrogens (tertiary/aromatic N) is 3. The van der Waals surface area contributed by atoms with Crippen LogP contribution in [0.4, 0.5) is 5.82 Å². The zero-order valence-electron chi connectivity index (χ0n) is 13.3. The molecule has 2 heterocycles. The molecule has 0 amide bonds. The van der Waals surface area contributed by atoms with Crippen LogP contribution in [0.25, 0.3) is 11.2 Å². The van der Waals surface area contributed by atoms with Gasteiger partial charge in [-0.1, -0.05) is 18.2 Å². The molecular formula is C19H20N4. The number of anilines is 1. The quantitative estimate of drug-likeness (QED) is 0.792. The lowest BCUT2D eigenvalue weighted by Crippen LogP contribution is -2.10. The monoisotopic (exact) mass is 304 g/mol. The van der Waals surface area contributed by atoms with Crippen LogP contribution in [-0.4, -0.2) is 15.0 Å². The van der Waals surface area contributed by atoms with E-state index < -0.39 is 0 Å². The number of hydrogen-bond donors (Lipinski definition) is 1. The number of fused-ring (bicyclic) bond motifs is 2. The summed E-state index contributed by atoms with van der Waals surface area (Å²) in [5.41, 5.74) is 5.84. The highest BCUT2D eigenvalue weighted by atomic mass is 15.0. The summed E-state index contributed by atoms with van der Waals surface area (Å²) in [5.74, 6) is 0.836. The van der Waals surface area contributed by atoms with Crippen LogP contribution < -0.4 is 5.32 Å². The van der Waals surface area contributed by atoms with Crippen LogP contribution in [0.15, 0.2) is 42.7 Å². The molecule has 4 nitrogen and oxygen atoms in total. The number of aryl methyl sites for hydroxylation is 2. The van der Waals surface area contributed by atoms with E-state index in [0.29, 0.717) is 5.65 Å². The van der Waals surface area contributed by atoms with Gasteiger partial charge in [-0.3, -0.25) is 4.98 Å². The Morgan fingerprint density at radius 3 is 2.70 bits per heavy atom. The lowest BCUT2D eigenvalue weighted by molar-refractivity contribution is 0.683. The third-order valence-electron chi connectivity index (χ3n) is 4.57. The maximum atomic E-state index is 4.54. The Balaban J connectivity index is 1.57. The first-order valence-electron chi connectivity index (χ1n) is 8.25. The Hall–Kier alpha value is -2.49. The summed E-state index contributed by atoms with van der Waals surface area (Å²) < 4.78 is 0. The van der Waals surface area contributed by atoms with Crippen molar-refractivity contribution in [1.29, 1.82) is 0 Å². The number of pyridine rings is 1. The average molecular weight is 304 g/mol. The summed E-state index contributed by atoms with van der Waals surface area (Å²) in [4.78, 5) is 13.1. The predicted octanol–water partition coefficient (Wildman–Crippen LogP) is 4.08. The zero-order valence-corrected chi connectivity index (χ0v) is 13.3. The van der Waals surface area contributed by atoms with Crippen molar-refractivity contribution in [2.75, 3.05) is 5.32 Å². The van der Waals surface area contributed by atoms with Gasteiger partial charge < -0.3 is 5.32 Å². The van der Waals surface area contributed by atoms with E-state index in [-0.39, 0.29) is 6.04 Å². The van der Waals surface area contributed by atoms with E-state index in [2.05, 4.69) is 45.4 Å². The maximum Gasteiger partial charge on any atom is 0.180 e. The highest BCUT2D eigenvalue weighted by Gasteiger charge is 2.13. The summed E-state index contributed by atoms with van der Waals surface area (Å²) in [6.45, 7) is 2.17. The highest BCUT2D eigenvalue weighted by molar-refractivity contribution is 5.71. The van der Waals surface area contributed by atoms with Gasteiger partial charge in [0.2, 0.25) is 0 Å². The number of rotatable bonds is 3. The fraction of sp³-hybridized carbons (Fsp3) is 0.316. The first-order valence-corrected chi connectivity index (χ1v) is 8.25. The van der Waals surface area contributed by atoms with Crippen LogP contribution >= 0.6 is 0 Å². The molecular weight excluding hydrogens is 284 g/mol. The van der Waals surface area contributed by atoms with Crippen molar-refractivity contribution in [2.24, 2.45) is 0 Å². The Kier molecular flexibility index (Phi) is 3.66. The fourth-order valence-corrected chi connectivity index (χ4v) is 3.26. The van der Waals surface area contributed by atoms with Crippen LogP contribution in [0.5, 0.6) is 0 Å². The van der Waals surface area contributed by atoms with E-state index >= 15 is 0 Å². The molecule has 4 heteroatoms. The van der Waals surface area contributed by atoms with Crippen molar-refractivity contribution < 1.29 is 0 Å². The van der Waals surface area contributed by atoms with Crippen LogP contribution in [0.1, 0.15) is 42.5 Å². The molecule has 0 saturated heterocycles. The normalized spacial score (nSPS) is 15.2. The summed E-state index contributed by atoms with van der Waals surface area (Å²) in [6, 6.07) is 11.0. The Morgan fingerprint density at radius 1 is 0.957 bits per heavy atom. The van der Waals surface area contributed by atoms with E-state index in [1.165, 1.54) is 42.4 Å². The van der Waals surface area contributed by atoms with E-state index in [1.807, 2.05) is 12.1 Å². The molecule has 1 N–H and O–H groups in total. The van der Waals surface area contributed by atoms with Gasteiger partial charge in [0.1, 0.15) is 11.3 Å². The number of hydrogen-bond acceptors (Lipinski definition) is 4. The van der Waals surface area contributed by atoms with Gasteiger partial charge in [-0.2, -0.15) is 0 Å². The van der Waals surface area contributed by atoms with Crippen molar-refractivity contribution in [3.05, 3.63) is 59.4 Å². The van der Waals surface area contributed by atoms with Crippen LogP contribution in [0.3, 0.4) is 0 Å². The van der Waals surface area contributed by atoms with E-state index in [1.54, 1.807) is 12.4 Å². The van der Waals surface area contributed by atoms with Crippen molar-refractivity contribution in [3.8, 4) is 0 Å². The number of aromatic nitrogens is 3. The van der Waals surface area contributed by atoms with Gasteiger partial charge in [-0.25, -0.2) is 9.97 Å². The second-order valence-electron chi connectivity index (χ2n) is 6.20. The lowest BCUT2D eigenvalue weighted by atomic mass is 9.89. The highest BCUT2D eigenvalue weighted by Crippen LogP contribution is 2.26. The van der Waals surface area contributed by atoms with Crippen molar-refractivity contribution in [1.82, 2.24) is 15.0 Å². The summed E-state index contributed by atoms with van der Waals surface area (Å²) in [7, 11) is 0. The van der Waals surface area contributed by atoms with Crippen molar-refractivity contribution >= 4 is 17.0 Å². The maximum absolute atomic E-state index is 4.54. The molecule has 3 aromatic rings. The molecule has 0 fully saturated rings. The van der Waals surface area contributed by atoms with E-state index in [4.69, 9.17) is 0 Å². The SMILES string of the molecule is CC(Nc1ccc2nccnc2n1)c1ccc2c(c1)CCCC2. The molecule has 0 aliphatic heterocycles. The minimum atomic E-state index is 0.212. The Labute approximate surface area is 136 Å². The number of benzene rings is 1. The molecule has 1 aromatic carbocycles.